The summed E-state index contributed by atoms with van der Waals surface area (Å²) in [5, 5.41) is 0. The van der Waals surface area contributed by atoms with Gasteiger partial charge >= 0.3 is 0 Å². The molecule has 0 amide bonds. The number of nitrogens with two attached hydrogens (primary N) is 1. The molecule has 1 aliphatic rings. The van der Waals surface area contributed by atoms with Crippen LogP contribution in [0.2, 0.25) is 0 Å². The molecule has 1 aliphatic heterocycles. The SMILES string of the molecule is Nc1ncc(-c2ccccc2CN2CCN(c3ccc(Br)cc3)CC2)cn1. The summed E-state index contributed by atoms with van der Waals surface area (Å²) in [4.78, 5) is 13.2. The van der Waals surface area contributed by atoms with Crippen LogP contribution >= 0.6 is 15.9 Å². The van der Waals surface area contributed by atoms with Crippen molar-refractivity contribution in [1.29, 1.82) is 0 Å². The van der Waals surface area contributed by atoms with Crippen LogP contribution in [0.25, 0.3) is 11.1 Å². The first kappa shape index (κ1) is 17.9. The summed E-state index contributed by atoms with van der Waals surface area (Å²) in [5.74, 6) is 0.306. The molecule has 0 radical (unpaired) electrons. The number of nitrogen functional groups attached to an aromatic ring is 1. The third kappa shape index (κ3) is 4.28. The zero-order valence-corrected chi connectivity index (χ0v) is 16.6. The van der Waals surface area contributed by atoms with Crippen molar-refractivity contribution >= 4 is 27.6 Å². The molecule has 1 fully saturated rings. The van der Waals surface area contributed by atoms with E-state index in [0.29, 0.717) is 5.95 Å². The number of benzene rings is 2. The average Bonchev–Trinajstić information content (AvgIpc) is 2.70. The van der Waals surface area contributed by atoms with Gasteiger partial charge in [0.25, 0.3) is 0 Å². The lowest BCUT2D eigenvalue weighted by atomic mass is 10.0. The van der Waals surface area contributed by atoms with Gasteiger partial charge in [0, 0.05) is 60.8 Å². The Morgan fingerprint density at radius 3 is 2.26 bits per heavy atom. The Hall–Kier alpha value is -2.44. The van der Waals surface area contributed by atoms with E-state index in [2.05, 4.69) is 84.2 Å². The van der Waals surface area contributed by atoms with Gasteiger partial charge < -0.3 is 10.6 Å². The van der Waals surface area contributed by atoms with Gasteiger partial charge in [-0.05, 0) is 35.4 Å². The third-order valence-corrected chi connectivity index (χ3v) is 5.49. The van der Waals surface area contributed by atoms with Gasteiger partial charge in [-0.2, -0.15) is 0 Å². The highest BCUT2D eigenvalue weighted by Crippen LogP contribution is 2.25. The molecule has 6 heteroatoms. The molecule has 0 bridgehead atoms. The lowest BCUT2D eigenvalue weighted by Crippen LogP contribution is -2.46. The van der Waals surface area contributed by atoms with Gasteiger partial charge in [-0.15, -0.1) is 0 Å². The van der Waals surface area contributed by atoms with Gasteiger partial charge in [-0.25, -0.2) is 9.97 Å². The van der Waals surface area contributed by atoms with Crippen molar-refractivity contribution < 1.29 is 0 Å². The lowest BCUT2D eigenvalue weighted by molar-refractivity contribution is 0.250. The molecule has 138 valence electrons. The summed E-state index contributed by atoms with van der Waals surface area (Å²) in [7, 11) is 0. The molecule has 4 rings (SSSR count). The third-order valence-electron chi connectivity index (χ3n) is 4.96. The molecule has 2 aromatic carbocycles. The number of nitrogens with zero attached hydrogens (tertiary/aromatic N) is 4. The highest BCUT2D eigenvalue weighted by Gasteiger charge is 2.18. The van der Waals surface area contributed by atoms with Gasteiger partial charge in [0.1, 0.15) is 0 Å². The Balaban J connectivity index is 1.43. The van der Waals surface area contributed by atoms with Crippen molar-refractivity contribution in [1.82, 2.24) is 14.9 Å². The minimum absolute atomic E-state index is 0.306. The van der Waals surface area contributed by atoms with E-state index in [1.165, 1.54) is 16.8 Å². The van der Waals surface area contributed by atoms with Gasteiger partial charge in [0.15, 0.2) is 0 Å². The monoisotopic (exact) mass is 423 g/mol. The molecular formula is C21H22BrN5. The molecule has 0 spiro atoms. The zero-order valence-electron chi connectivity index (χ0n) is 15.1. The van der Waals surface area contributed by atoms with E-state index in [4.69, 9.17) is 5.73 Å². The number of aromatic nitrogens is 2. The summed E-state index contributed by atoms with van der Waals surface area (Å²) in [6.07, 6.45) is 3.60. The van der Waals surface area contributed by atoms with Gasteiger partial charge in [0.2, 0.25) is 5.95 Å². The van der Waals surface area contributed by atoms with Crippen LogP contribution in [-0.4, -0.2) is 41.0 Å². The second kappa shape index (κ2) is 8.06. The highest BCUT2D eigenvalue weighted by molar-refractivity contribution is 9.10. The lowest BCUT2D eigenvalue weighted by Gasteiger charge is -2.36. The minimum atomic E-state index is 0.306. The molecule has 0 atom stereocenters. The Labute approximate surface area is 168 Å². The number of hydrogen-bond acceptors (Lipinski definition) is 5. The van der Waals surface area contributed by atoms with E-state index >= 15 is 0 Å². The molecule has 0 saturated carbocycles. The summed E-state index contributed by atoms with van der Waals surface area (Å²) >= 11 is 3.50. The molecule has 27 heavy (non-hydrogen) atoms. The van der Waals surface area contributed by atoms with Crippen molar-refractivity contribution in [3.8, 4) is 11.1 Å². The molecule has 0 aliphatic carbocycles. The number of rotatable bonds is 4. The maximum absolute atomic E-state index is 5.62. The van der Waals surface area contributed by atoms with E-state index in [0.717, 1.165) is 42.8 Å². The summed E-state index contributed by atoms with van der Waals surface area (Å²) in [5.41, 5.74) is 10.4. The largest absolute Gasteiger partial charge is 0.369 e. The predicted molar refractivity (Wildman–Crippen MR) is 114 cm³/mol. The summed E-state index contributed by atoms with van der Waals surface area (Å²) in [6.45, 7) is 5.09. The molecule has 1 saturated heterocycles. The van der Waals surface area contributed by atoms with Crippen LogP contribution in [-0.2, 0) is 6.54 Å². The zero-order chi connectivity index (χ0) is 18.6. The first-order valence-electron chi connectivity index (χ1n) is 9.08. The number of hydrogen-bond donors (Lipinski definition) is 1. The average molecular weight is 424 g/mol. The van der Waals surface area contributed by atoms with Crippen molar-refractivity contribution in [2.45, 2.75) is 6.54 Å². The maximum atomic E-state index is 5.62. The predicted octanol–water partition coefficient (Wildman–Crippen LogP) is 3.81. The molecule has 2 N–H and O–H groups in total. The second-order valence-corrected chi connectivity index (χ2v) is 7.64. The van der Waals surface area contributed by atoms with E-state index in [9.17, 15) is 0 Å². The summed E-state index contributed by atoms with van der Waals surface area (Å²) in [6, 6.07) is 17.0. The number of anilines is 2. The van der Waals surface area contributed by atoms with Crippen LogP contribution in [0, 0.1) is 0 Å². The minimum Gasteiger partial charge on any atom is -0.369 e. The first-order valence-corrected chi connectivity index (χ1v) is 9.87. The highest BCUT2D eigenvalue weighted by atomic mass is 79.9. The fourth-order valence-corrected chi connectivity index (χ4v) is 3.74. The Morgan fingerprint density at radius 2 is 1.56 bits per heavy atom. The van der Waals surface area contributed by atoms with Gasteiger partial charge in [0.05, 0.1) is 0 Å². The number of piperazine rings is 1. The molecule has 5 nitrogen and oxygen atoms in total. The van der Waals surface area contributed by atoms with Gasteiger partial charge in [-0.1, -0.05) is 40.2 Å². The fourth-order valence-electron chi connectivity index (χ4n) is 3.47. The second-order valence-electron chi connectivity index (χ2n) is 6.73. The Morgan fingerprint density at radius 1 is 0.889 bits per heavy atom. The Kier molecular flexibility index (Phi) is 5.36. The first-order chi connectivity index (χ1) is 13.2. The van der Waals surface area contributed by atoms with Gasteiger partial charge in [-0.3, -0.25) is 4.90 Å². The van der Waals surface area contributed by atoms with E-state index in [1.807, 2.05) is 0 Å². The fraction of sp³-hybridized carbons (Fsp3) is 0.238. The molecule has 2 heterocycles. The van der Waals surface area contributed by atoms with E-state index in [-0.39, 0.29) is 0 Å². The van der Waals surface area contributed by atoms with Crippen molar-refractivity contribution in [2.24, 2.45) is 0 Å². The van der Waals surface area contributed by atoms with Crippen LogP contribution in [0.4, 0.5) is 11.6 Å². The molecule has 3 aromatic rings. The molecule has 1 aromatic heterocycles. The van der Waals surface area contributed by atoms with Crippen LogP contribution in [0.1, 0.15) is 5.56 Å². The van der Waals surface area contributed by atoms with Crippen LogP contribution < -0.4 is 10.6 Å². The smallest absolute Gasteiger partial charge is 0.219 e. The standard InChI is InChI=1S/C21H22BrN5/c22-18-5-7-19(8-6-18)27-11-9-26(10-12-27)15-16-3-1-2-4-20(16)17-13-24-21(23)25-14-17/h1-8,13-14H,9-12,15H2,(H2,23,24,25). The topological polar surface area (TPSA) is 58.3 Å². The van der Waals surface area contributed by atoms with Crippen molar-refractivity contribution in [3.05, 3.63) is 71.0 Å². The van der Waals surface area contributed by atoms with E-state index < -0.39 is 0 Å². The van der Waals surface area contributed by atoms with Crippen LogP contribution in [0.3, 0.4) is 0 Å². The Bertz CT molecular complexity index is 887. The normalized spacial score (nSPS) is 15.1. The van der Waals surface area contributed by atoms with Crippen LogP contribution in [0.5, 0.6) is 0 Å². The quantitative estimate of drug-likeness (QED) is 0.691. The summed E-state index contributed by atoms with van der Waals surface area (Å²) < 4.78 is 1.12. The van der Waals surface area contributed by atoms with Crippen molar-refractivity contribution in [2.75, 3.05) is 36.8 Å². The maximum Gasteiger partial charge on any atom is 0.219 e. The van der Waals surface area contributed by atoms with Crippen molar-refractivity contribution in [3.63, 3.8) is 0 Å². The molecule has 0 unspecified atom stereocenters. The number of halogens is 1. The van der Waals surface area contributed by atoms with E-state index in [1.54, 1.807) is 12.4 Å². The van der Waals surface area contributed by atoms with Crippen LogP contribution in [0.15, 0.2) is 65.4 Å². The molecular weight excluding hydrogens is 402 g/mol.